The molecule has 1 aromatic heterocycles. The van der Waals surface area contributed by atoms with Crippen LogP contribution in [0.1, 0.15) is 12.1 Å². The van der Waals surface area contributed by atoms with Gasteiger partial charge in [0.15, 0.2) is 0 Å². The molecule has 0 aliphatic rings. The third kappa shape index (κ3) is 6.94. The van der Waals surface area contributed by atoms with E-state index >= 15 is 0 Å². The number of halogens is 1. The number of aryl methyl sites for hydroxylation is 1. The first-order valence-corrected chi connectivity index (χ1v) is 8.38. The third-order valence-corrected chi connectivity index (χ3v) is 3.52. The number of nitrogens with zero attached hydrogens (tertiary/aromatic N) is 3. The van der Waals surface area contributed by atoms with Gasteiger partial charge in [-0.2, -0.15) is 4.98 Å². The van der Waals surface area contributed by atoms with Gasteiger partial charge in [-0.25, -0.2) is 9.78 Å². The molecule has 3 N–H and O–H groups in total. The third-order valence-electron chi connectivity index (χ3n) is 3.27. The van der Waals surface area contributed by atoms with Crippen molar-refractivity contribution in [2.24, 2.45) is 0 Å². The van der Waals surface area contributed by atoms with Crippen LogP contribution >= 0.6 is 11.6 Å². The van der Waals surface area contributed by atoms with Gasteiger partial charge >= 0.3 is 6.03 Å². The topological polar surface area (TPSA) is 82.2 Å². The van der Waals surface area contributed by atoms with E-state index in [4.69, 9.17) is 11.6 Å². The van der Waals surface area contributed by atoms with Crippen LogP contribution in [0, 0.1) is 6.92 Å². The van der Waals surface area contributed by atoms with Crippen molar-refractivity contribution in [3.63, 3.8) is 0 Å². The first kappa shape index (κ1) is 19.0. The maximum atomic E-state index is 12.1. The number of urea groups is 1. The van der Waals surface area contributed by atoms with Gasteiger partial charge in [0, 0.05) is 29.0 Å². The molecule has 0 aliphatic carbocycles. The fraction of sp³-hybridized carbons (Fsp3) is 0.353. The van der Waals surface area contributed by atoms with E-state index in [9.17, 15) is 4.79 Å². The predicted octanol–water partition coefficient (Wildman–Crippen LogP) is 3.45. The summed E-state index contributed by atoms with van der Waals surface area (Å²) >= 11 is 5.82. The molecule has 25 heavy (non-hydrogen) atoms. The molecular formula is C17H23ClN6O. The summed E-state index contributed by atoms with van der Waals surface area (Å²) < 4.78 is 0. The maximum absolute atomic E-state index is 12.1. The molecule has 2 aromatic rings. The largest absolute Gasteiger partial charge is 0.370 e. The standard InChI is InChI=1S/C17H23ClN6O/c1-12-11-15(19-9-4-10-24(2)3)22-16(20-12)23-17(25)21-14-7-5-13(18)6-8-14/h5-8,11H,4,9-10H2,1-3H3,(H3,19,20,21,22,23,25). The van der Waals surface area contributed by atoms with Gasteiger partial charge in [0.1, 0.15) is 5.82 Å². The molecule has 0 aliphatic heterocycles. The molecular weight excluding hydrogens is 340 g/mol. The van der Waals surface area contributed by atoms with Gasteiger partial charge in [-0.05, 0) is 58.3 Å². The van der Waals surface area contributed by atoms with Gasteiger partial charge in [0.2, 0.25) is 5.95 Å². The summed E-state index contributed by atoms with van der Waals surface area (Å²) in [7, 11) is 4.08. The Kier molecular flexibility index (Phi) is 6.97. The zero-order valence-corrected chi connectivity index (χ0v) is 15.4. The molecule has 0 bridgehead atoms. The highest BCUT2D eigenvalue weighted by Gasteiger charge is 2.07. The molecule has 0 radical (unpaired) electrons. The van der Waals surface area contributed by atoms with Gasteiger partial charge in [0.05, 0.1) is 0 Å². The van der Waals surface area contributed by atoms with Crippen LogP contribution in [0.25, 0.3) is 0 Å². The lowest BCUT2D eigenvalue weighted by Crippen LogP contribution is -2.21. The number of nitrogens with one attached hydrogen (secondary N) is 3. The van der Waals surface area contributed by atoms with E-state index in [0.29, 0.717) is 16.5 Å². The fourth-order valence-corrected chi connectivity index (χ4v) is 2.25. The summed E-state index contributed by atoms with van der Waals surface area (Å²) in [6, 6.07) is 8.28. The smallest absolute Gasteiger partial charge is 0.326 e. The van der Waals surface area contributed by atoms with Crippen molar-refractivity contribution in [3.05, 3.63) is 41.0 Å². The Bertz CT molecular complexity index is 705. The number of aromatic nitrogens is 2. The minimum Gasteiger partial charge on any atom is -0.370 e. The molecule has 1 heterocycles. The molecule has 8 heteroatoms. The highest BCUT2D eigenvalue weighted by Crippen LogP contribution is 2.14. The number of amides is 2. The van der Waals surface area contributed by atoms with Crippen LogP contribution in [-0.4, -0.2) is 48.1 Å². The number of anilines is 3. The normalized spacial score (nSPS) is 10.6. The van der Waals surface area contributed by atoms with Crippen LogP contribution in [-0.2, 0) is 0 Å². The molecule has 0 spiro atoms. The van der Waals surface area contributed by atoms with Gasteiger partial charge < -0.3 is 15.5 Å². The summed E-state index contributed by atoms with van der Waals surface area (Å²) in [6.07, 6.45) is 0.996. The lowest BCUT2D eigenvalue weighted by Gasteiger charge is -2.12. The van der Waals surface area contributed by atoms with Crippen molar-refractivity contribution in [2.45, 2.75) is 13.3 Å². The number of hydrogen-bond acceptors (Lipinski definition) is 5. The Morgan fingerprint density at radius 1 is 1.16 bits per heavy atom. The molecule has 0 saturated heterocycles. The lowest BCUT2D eigenvalue weighted by atomic mass is 10.3. The predicted molar refractivity (Wildman–Crippen MR) is 103 cm³/mol. The van der Waals surface area contributed by atoms with Crippen molar-refractivity contribution >= 4 is 35.1 Å². The van der Waals surface area contributed by atoms with Crippen LogP contribution in [0.2, 0.25) is 5.02 Å². The second-order valence-corrected chi connectivity index (χ2v) is 6.32. The van der Waals surface area contributed by atoms with E-state index in [2.05, 4.69) is 30.8 Å². The van der Waals surface area contributed by atoms with E-state index in [-0.39, 0.29) is 5.95 Å². The van der Waals surface area contributed by atoms with Gasteiger partial charge in [-0.1, -0.05) is 11.6 Å². The van der Waals surface area contributed by atoms with E-state index in [1.165, 1.54) is 0 Å². The van der Waals surface area contributed by atoms with Crippen LogP contribution in [0.5, 0.6) is 0 Å². The minimum atomic E-state index is -0.411. The van der Waals surface area contributed by atoms with Crippen molar-refractivity contribution in [3.8, 4) is 0 Å². The highest BCUT2D eigenvalue weighted by atomic mass is 35.5. The Morgan fingerprint density at radius 2 is 1.88 bits per heavy atom. The van der Waals surface area contributed by atoms with E-state index in [0.717, 1.165) is 25.2 Å². The number of carbonyl (C=O) groups is 1. The van der Waals surface area contributed by atoms with Crippen LogP contribution < -0.4 is 16.0 Å². The Hall–Kier alpha value is -2.38. The van der Waals surface area contributed by atoms with E-state index in [1.54, 1.807) is 24.3 Å². The van der Waals surface area contributed by atoms with Crippen molar-refractivity contribution in [1.82, 2.24) is 14.9 Å². The molecule has 1 aromatic carbocycles. The minimum absolute atomic E-state index is 0.251. The first-order valence-electron chi connectivity index (χ1n) is 8.00. The molecule has 0 saturated carbocycles. The quantitative estimate of drug-likeness (QED) is 0.657. The van der Waals surface area contributed by atoms with Crippen molar-refractivity contribution < 1.29 is 4.79 Å². The lowest BCUT2D eigenvalue weighted by molar-refractivity contribution is 0.262. The van der Waals surface area contributed by atoms with Crippen LogP contribution in [0.3, 0.4) is 0 Å². The molecule has 0 unspecified atom stereocenters. The van der Waals surface area contributed by atoms with Gasteiger partial charge in [0.25, 0.3) is 0 Å². The number of benzene rings is 1. The summed E-state index contributed by atoms with van der Waals surface area (Å²) in [5, 5.41) is 9.20. The molecule has 2 rings (SSSR count). The van der Waals surface area contributed by atoms with Crippen molar-refractivity contribution in [1.29, 1.82) is 0 Å². The average Bonchev–Trinajstić information content (AvgIpc) is 2.53. The zero-order valence-electron chi connectivity index (χ0n) is 14.6. The number of hydrogen-bond donors (Lipinski definition) is 3. The molecule has 134 valence electrons. The van der Waals surface area contributed by atoms with E-state index in [1.807, 2.05) is 27.1 Å². The summed E-state index contributed by atoms with van der Waals surface area (Å²) in [5.74, 6) is 0.939. The Labute approximate surface area is 152 Å². The second-order valence-electron chi connectivity index (χ2n) is 5.89. The van der Waals surface area contributed by atoms with Crippen LogP contribution in [0.15, 0.2) is 30.3 Å². The number of rotatable bonds is 7. The number of carbonyl (C=O) groups excluding carboxylic acids is 1. The fourth-order valence-electron chi connectivity index (χ4n) is 2.12. The molecule has 2 amide bonds. The molecule has 0 fully saturated rings. The zero-order chi connectivity index (χ0) is 18.2. The molecule has 7 nitrogen and oxygen atoms in total. The summed E-state index contributed by atoms with van der Waals surface area (Å²) in [5.41, 5.74) is 1.41. The first-order chi connectivity index (χ1) is 11.9. The maximum Gasteiger partial charge on any atom is 0.326 e. The highest BCUT2D eigenvalue weighted by molar-refractivity contribution is 6.30. The molecule has 0 atom stereocenters. The van der Waals surface area contributed by atoms with Crippen molar-refractivity contribution in [2.75, 3.05) is 43.1 Å². The van der Waals surface area contributed by atoms with Gasteiger partial charge in [-0.3, -0.25) is 5.32 Å². The Balaban J connectivity index is 1.92. The van der Waals surface area contributed by atoms with Gasteiger partial charge in [-0.15, -0.1) is 0 Å². The summed E-state index contributed by atoms with van der Waals surface area (Å²) in [4.78, 5) is 22.7. The SMILES string of the molecule is Cc1cc(NCCCN(C)C)nc(NC(=O)Nc2ccc(Cl)cc2)n1. The monoisotopic (exact) mass is 362 g/mol. The Morgan fingerprint density at radius 3 is 2.56 bits per heavy atom. The average molecular weight is 363 g/mol. The second kappa shape index (κ2) is 9.19. The van der Waals surface area contributed by atoms with Crippen LogP contribution in [0.4, 0.5) is 22.2 Å². The summed E-state index contributed by atoms with van der Waals surface area (Å²) in [6.45, 7) is 3.64. The van der Waals surface area contributed by atoms with E-state index < -0.39 is 6.03 Å².